The molecule has 0 atom stereocenters. The minimum Gasteiger partial charge on any atom is -0.310 e. The summed E-state index contributed by atoms with van der Waals surface area (Å²) in [6.07, 6.45) is 0. The summed E-state index contributed by atoms with van der Waals surface area (Å²) in [6.45, 7) is 4.64. The van der Waals surface area contributed by atoms with E-state index in [9.17, 15) is 0 Å². The van der Waals surface area contributed by atoms with Gasteiger partial charge in [0, 0.05) is 42.6 Å². The third-order valence-electron chi connectivity index (χ3n) is 10.4. The Balaban J connectivity index is 1.05. The van der Waals surface area contributed by atoms with E-state index in [-0.39, 0.29) is 5.41 Å². The average molecular weight is 672 g/mol. The van der Waals surface area contributed by atoms with Gasteiger partial charge >= 0.3 is 0 Å². The van der Waals surface area contributed by atoms with E-state index >= 15 is 0 Å². The fourth-order valence-electron chi connectivity index (χ4n) is 7.36. The second-order valence-corrected chi connectivity index (χ2v) is 14.9. The molecule has 1 heterocycles. The minimum atomic E-state index is -0.113. The van der Waals surface area contributed by atoms with Crippen molar-refractivity contribution >= 4 is 59.3 Å². The first-order chi connectivity index (χ1) is 25.0. The van der Waals surface area contributed by atoms with Crippen molar-refractivity contribution in [3.05, 3.63) is 199 Å². The van der Waals surface area contributed by atoms with Crippen molar-refractivity contribution in [1.82, 2.24) is 0 Å². The Morgan fingerprint density at radius 2 is 0.882 bits per heavy atom. The zero-order chi connectivity index (χ0) is 34.4. The van der Waals surface area contributed by atoms with E-state index in [1.807, 2.05) is 11.3 Å². The maximum Gasteiger partial charge on any atom is 0.0476 e. The van der Waals surface area contributed by atoms with E-state index in [1.165, 1.54) is 64.3 Å². The summed E-state index contributed by atoms with van der Waals surface area (Å²) in [7, 11) is 0. The van der Waals surface area contributed by atoms with Crippen molar-refractivity contribution < 1.29 is 0 Å². The quantitative estimate of drug-likeness (QED) is 0.163. The van der Waals surface area contributed by atoms with Crippen molar-refractivity contribution in [1.29, 1.82) is 0 Å². The zero-order valence-corrected chi connectivity index (χ0v) is 29.6. The molecule has 2 heteroatoms. The first-order valence-corrected chi connectivity index (χ1v) is 18.4. The van der Waals surface area contributed by atoms with E-state index in [0.29, 0.717) is 0 Å². The molecule has 0 aliphatic carbocycles. The molecule has 0 N–H and O–H groups in total. The molecule has 0 saturated carbocycles. The van der Waals surface area contributed by atoms with Crippen molar-refractivity contribution in [2.24, 2.45) is 0 Å². The van der Waals surface area contributed by atoms with Crippen LogP contribution in [0.4, 0.5) is 17.1 Å². The number of benzene rings is 8. The number of hydrogen-bond donors (Lipinski definition) is 0. The number of fused-ring (bicyclic) bond motifs is 4. The van der Waals surface area contributed by atoms with Crippen LogP contribution in [0.25, 0.3) is 53.2 Å². The van der Waals surface area contributed by atoms with E-state index in [2.05, 4.69) is 207 Å². The Kier molecular flexibility index (Phi) is 7.75. The van der Waals surface area contributed by atoms with Gasteiger partial charge in [-0.25, -0.2) is 0 Å². The molecule has 1 aromatic heterocycles. The number of hydrogen-bond acceptors (Lipinski definition) is 2. The second-order valence-electron chi connectivity index (χ2n) is 13.8. The standard InChI is InChI=1S/C49H37NS/c1-49(2,41-25-18-35-12-6-7-13-39(35)32-41)40-23-16-36(17-24-40)38-21-28-43(29-22-38)50(42-26-19-37(20-27-42)34-10-4-3-5-11-34)44-30-31-46-45-14-8-9-15-47(45)51-48(46)33-44/h3-33H,1-2H3. The normalized spacial score (nSPS) is 11.7. The number of nitrogens with zero attached hydrogens (tertiary/aromatic N) is 1. The van der Waals surface area contributed by atoms with Gasteiger partial charge in [-0.3, -0.25) is 0 Å². The first kappa shape index (κ1) is 31.1. The van der Waals surface area contributed by atoms with Crippen LogP contribution in [0.15, 0.2) is 188 Å². The van der Waals surface area contributed by atoms with Crippen molar-refractivity contribution in [2.45, 2.75) is 19.3 Å². The molecule has 0 radical (unpaired) electrons. The molecule has 8 aromatic carbocycles. The molecule has 0 fully saturated rings. The third kappa shape index (κ3) is 5.78. The van der Waals surface area contributed by atoms with Crippen LogP contribution in [0.3, 0.4) is 0 Å². The lowest BCUT2D eigenvalue weighted by Gasteiger charge is -2.27. The lowest BCUT2D eigenvalue weighted by molar-refractivity contribution is 0.642. The lowest BCUT2D eigenvalue weighted by Crippen LogP contribution is -2.18. The van der Waals surface area contributed by atoms with E-state index in [4.69, 9.17) is 0 Å². The Morgan fingerprint density at radius 3 is 1.57 bits per heavy atom. The van der Waals surface area contributed by atoms with Gasteiger partial charge in [-0.1, -0.05) is 159 Å². The van der Waals surface area contributed by atoms with E-state index in [0.717, 1.165) is 17.1 Å². The van der Waals surface area contributed by atoms with Gasteiger partial charge in [-0.2, -0.15) is 0 Å². The summed E-state index contributed by atoms with van der Waals surface area (Å²) in [4.78, 5) is 2.37. The molecule has 9 rings (SSSR count). The molecule has 0 unspecified atom stereocenters. The predicted octanol–water partition coefficient (Wildman–Crippen LogP) is 14.3. The first-order valence-electron chi connectivity index (χ1n) is 17.6. The highest BCUT2D eigenvalue weighted by Gasteiger charge is 2.23. The topological polar surface area (TPSA) is 3.24 Å². The second kappa shape index (κ2) is 12.7. The Morgan fingerprint density at radius 1 is 0.373 bits per heavy atom. The highest BCUT2D eigenvalue weighted by molar-refractivity contribution is 7.25. The van der Waals surface area contributed by atoms with Crippen LogP contribution in [0.5, 0.6) is 0 Å². The van der Waals surface area contributed by atoms with Crippen molar-refractivity contribution in [3.63, 3.8) is 0 Å². The summed E-state index contributed by atoms with van der Waals surface area (Å²) in [5.74, 6) is 0. The molecule has 0 aliphatic rings. The fraction of sp³-hybridized carbons (Fsp3) is 0.0612. The number of rotatable bonds is 7. The van der Waals surface area contributed by atoms with Crippen LogP contribution >= 0.6 is 11.3 Å². The van der Waals surface area contributed by atoms with E-state index in [1.54, 1.807) is 0 Å². The zero-order valence-electron chi connectivity index (χ0n) is 28.8. The minimum absolute atomic E-state index is 0.113. The van der Waals surface area contributed by atoms with Crippen LogP contribution in [-0.4, -0.2) is 0 Å². The highest BCUT2D eigenvalue weighted by Crippen LogP contribution is 2.42. The van der Waals surface area contributed by atoms with Gasteiger partial charge in [0.1, 0.15) is 0 Å². The van der Waals surface area contributed by atoms with Crippen LogP contribution in [-0.2, 0) is 5.41 Å². The maximum absolute atomic E-state index is 2.37. The molecule has 0 saturated heterocycles. The van der Waals surface area contributed by atoms with Crippen LogP contribution in [0, 0.1) is 0 Å². The van der Waals surface area contributed by atoms with Crippen molar-refractivity contribution in [2.75, 3.05) is 4.90 Å². The van der Waals surface area contributed by atoms with Gasteiger partial charge in [-0.15, -0.1) is 11.3 Å². The Hall–Kier alpha value is -5.96. The van der Waals surface area contributed by atoms with Gasteiger partial charge in [0.05, 0.1) is 0 Å². The van der Waals surface area contributed by atoms with Crippen LogP contribution in [0.2, 0.25) is 0 Å². The molecule has 0 aliphatic heterocycles. The summed E-state index contributed by atoms with van der Waals surface area (Å²) in [5, 5.41) is 5.18. The Bertz CT molecular complexity index is 2630. The predicted molar refractivity (Wildman–Crippen MR) is 221 cm³/mol. The fourth-order valence-corrected chi connectivity index (χ4v) is 8.50. The van der Waals surface area contributed by atoms with Crippen LogP contribution < -0.4 is 4.90 Å². The number of thiophene rings is 1. The molecule has 9 aromatic rings. The molecular weight excluding hydrogens is 635 g/mol. The van der Waals surface area contributed by atoms with Gasteiger partial charge in [0.15, 0.2) is 0 Å². The lowest BCUT2D eigenvalue weighted by atomic mass is 9.77. The molecule has 51 heavy (non-hydrogen) atoms. The van der Waals surface area contributed by atoms with Crippen LogP contribution in [0.1, 0.15) is 25.0 Å². The summed E-state index contributed by atoms with van der Waals surface area (Å²) < 4.78 is 2.61. The molecule has 0 amide bonds. The maximum atomic E-state index is 2.37. The van der Waals surface area contributed by atoms with Gasteiger partial charge in [-0.05, 0) is 86.6 Å². The van der Waals surface area contributed by atoms with E-state index < -0.39 is 0 Å². The molecule has 1 nitrogen and oxygen atoms in total. The third-order valence-corrected chi connectivity index (χ3v) is 11.5. The summed E-state index contributed by atoms with van der Waals surface area (Å²) in [6, 6.07) is 68.7. The summed E-state index contributed by atoms with van der Waals surface area (Å²) in [5.41, 5.74) is 10.8. The van der Waals surface area contributed by atoms with Gasteiger partial charge < -0.3 is 4.90 Å². The molecular formula is C49H37NS. The molecule has 0 spiro atoms. The van der Waals surface area contributed by atoms with Gasteiger partial charge in [0.25, 0.3) is 0 Å². The average Bonchev–Trinajstić information content (AvgIpc) is 3.57. The summed E-state index contributed by atoms with van der Waals surface area (Å²) >= 11 is 1.86. The molecule has 0 bridgehead atoms. The largest absolute Gasteiger partial charge is 0.310 e. The Labute approximate surface area is 303 Å². The number of anilines is 3. The highest BCUT2D eigenvalue weighted by atomic mass is 32.1. The SMILES string of the molecule is CC(C)(c1ccc(-c2ccc(N(c3ccc(-c4ccccc4)cc3)c3ccc4c(c3)sc3ccccc34)cc2)cc1)c1ccc2ccccc2c1. The smallest absolute Gasteiger partial charge is 0.0476 e. The monoisotopic (exact) mass is 671 g/mol. The van der Waals surface area contributed by atoms with Gasteiger partial charge in [0.2, 0.25) is 0 Å². The van der Waals surface area contributed by atoms with Crippen molar-refractivity contribution in [3.8, 4) is 22.3 Å². The molecule has 244 valence electrons.